The highest BCUT2D eigenvalue weighted by molar-refractivity contribution is 5.79. The minimum absolute atomic E-state index is 0.0797. The molecule has 0 spiro atoms. The molecule has 3 rings (SSSR count). The van der Waals surface area contributed by atoms with E-state index in [4.69, 9.17) is 0 Å². The topological polar surface area (TPSA) is 58.4 Å². The highest BCUT2D eigenvalue weighted by Gasteiger charge is 2.32. The zero-order valence-corrected chi connectivity index (χ0v) is 14.6. The summed E-state index contributed by atoms with van der Waals surface area (Å²) in [7, 11) is 0. The number of carbonyl (C=O) groups is 2. The van der Waals surface area contributed by atoms with Gasteiger partial charge in [-0.3, -0.25) is 14.3 Å². The third kappa shape index (κ3) is 3.97. The van der Waals surface area contributed by atoms with Crippen LogP contribution >= 0.6 is 0 Å². The molecule has 6 nitrogen and oxygen atoms in total. The summed E-state index contributed by atoms with van der Waals surface area (Å²) < 4.78 is 1.92. The number of nitrogens with zero attached hydrogens (tertiary/aromatic N) is 4. The van der Waals surface area contributed by atoms with E-state index in [1.54, 1.807) is 13.1 Å². The number of hydrogen-bond acceptors (Lipinski definition) is 3. The van der Waals surface area contributed by atoms with Crippen LogP contribution in [0.2, 0.25) is 0 Å². The van der Waals surface area contributed by atoms with Gasteiger partial charge in [0.25, 0.3) is 0 Å². The van der Waals surface area contributed by atoms with Gasteiger partial charge < -0.3 is 9.80 Å². The van der Waals surface area contributed by atoms with Gasteiger partial charge in [-0.2, -0.15) is 5.10 Å². The zero-order chi connectivity index (χ0) is 16.9. The predicted molar refractivity (Wildman–Crippen MR) is 91.2 cm³/mol. The lowest BCUT2D eigenvalue weighted by Gasteiger charge is -2.39. The van der Waals surface area contributed by atoms with Gasteiger partial charge in [-0.1, -0.05) is 0 Å². The average molecular weight is 332 g/mol. The summed E-state index contributed by atoms with van der Waals surface area (Å²) in [5, 5.41) is 4.28. The van der Waals surface area contributed by atoms with Crippen molar-refractivity contribution in [1.82, 2.24) is 19.6 Å². The lowest BCUT2D eigenvalue weighted by molar-refractivity contribution is -0.139. The van der Waals surface area contributed by atoms with Gasteiger partial charge in [0, 0.05) is 44.9 Å². The van der Waals surface area contributed by atoms with Crippen LogP contribution in [0.5, 0.6) is 0 Å². The Morgan fingerprint density at radius 2 is 1.75 bits per heavy atom. The fourth-order valence-electron chi connectivity index (χ4n) is 4.09. The summed E-state index contributed by atoms with van der Waals surface area (Å²) in [6.07, 6.45) is 10.6. The van der Waals surface area contributed by atoms with Gasteiger partial charge in [-0.15, -0.1) is 0 Å². The Morgan fingerprint density at radius 3 is 2.42 bits per heavy atom. The first kappa shape index (κ1) is 17.0. The van der Waals surface area contributed by atoms with Gasteiger partial charge in [-0.25, -0.2) is 0 Å². The van der Waals surface area contributed by atoms with Crippen LogP contribution in [-0.4, -0.2) is 56.6 Å². The van der Waals surface area contributed by atoms with Crippen LogP contribution in [0, 0.1) is 0 Å². The molecule has 2 fully saturated rings. The normalized spacial score (nSPS) is 24.9. The third-order valence-electron chi connectivity index (χ3n) is 5.35. The van der Waals surface area contributed by atoms with Gasteiger partial charge in [0.1, 0.15) is 0 Å². The number of carbonyl (C=O) groups excluding carboxylic acids is 2. The van der Waals surface area contributed by atoms with Gasteiger partial charge in [-0.05, 0) is 44.6 Å². The monoisotopic (exact) mass is 332 g/mol. The van der Waals surface area contributed by atoms with Crippen molar-refractivity contribution in [3.8, 4) is 0 Å². The Morgan fingerprint density at radius 1 is 1.04 bits per heavy atom. The molecule has 0 radical (unpaired) electrons. The van der Waals surface area contributed by atoms with Crippen molar-refractivity contribution in [1.29, 1.82) is 0 Å². The molecule has 2 saturated heterocycles. The quantitative estimate of drug-likeness (QED) is 0.848. The molecular weight excluding hydrogens is 304 g/mol. The van der Waals surface area contributed by atoms with E-state index in [0.717, 1.165) is 51.7 Å². The minimum Gasteiger partial charge on any atom is -0.339 e. The van der Waals surface area contributed by atoms with Gasteiger partial charge in [0.2, 0.25) is 11.8 Å². The predicted octanol–water partition coefficient (Wildman–Crippen LogP) is 2.06. The molecule has 1 aromatic rings. The SMILES string of the molecule is CC(=O)N1CCCCC1CC(=O)N1CCCCC1Cn1cccn1. The number of amides is 2. The number of likely N-dealkylation sites (tertiary alicyclic amines) is 2. The van der Waals surface area contributed by atoms with E-state index in [0.29, 0.717) is 6.42 Å². The maximum absolute atomic E-state index is 12.9. The third-order valence-corrected chi connectivity index (χ3v) is 5.35. The second-order valence-corrected chi connectivity index (χ2v) is 7.03. The van der Waals surface area contributed by atoms with Crippen LogP contribution in [0.4, 0.5) is 0 Å². The highest BCUT2D eigenvalue weighted by atomic mass is 16.2. The summed E-state index contributed by atoms with van der Waals surface area (Å²) >= 11 is 0. The number of piperidine rings is 2. The number of rotatable bonds is 4. The van der Waals surface area contributed by atoms with E-state index in [2.05, 4.69) is 5.10 Å². The van der Waals surface area contributed by atoms with Crippen LogP contribution in [0.1, 0.15) is 51.9 Å². The first-order valence-electron chi connectivity index (χ1n) is 9.19. The van der Waals surface area contributed by atoms with Crippen LogP contribution < -0.4 is 0 Å². The lowest BCUT2D eigenvalue weighted by Crippen LogP contribution is -2.50. The van der Waals surface area contributed by atoms with Crippen molar-refractivity contribution < 1.29 is 9.59 Å². The van der Waals surface area contributed by atoms with E-state index in [9.17, 15) is 9.59 Å². The molecule has 24 heavy (non-hydrogen) atoms. The molecule has 2 atom stereocenters. The fourth-order valence-corrected chi connectivity index (χ4v) is 4.09. The molecule has 0 N–H and O–H groups in total. The minimum atomic E-state index is 0.0797. The van der Waals surface area contributed by atoms with Crippen LogP contribution in [-0.2, 0) is 16.1 Å². The molecule has 0 aromatic carbocycles. The van der Waals surface area contributed by atoms with Gasteiger partial charge >= 0.3 is 0 Å². The first-order valence-corrected chi connectivity index (χ1v) is 9.19. The smallest absolute Gasteiger partial charge is 0.224 e. The molecule has 2 unspecified atom stereocenters. The van der Waals surface area contributed by atoms with Gasteiger partial charge in [0.05, 0.1) is 12.6 Å². The van der Waals surface area contributed by atoms with Gasteiger partial charge in [0.15, 0.2) is 0 Å². The molecule has 1 aromatic heterocycles. The van der Waals surface area contributed by atoms with Crippen molar-refractivity contribution in [3.05, 3.63) is 18.5 Å². The summed E-state index contributed by atoms with van der Waals surface area (Å²) in [6.45, 7) is 4.01. The van der Waals surface area contributed by atoms with E-state index < -0.39 is 0 Å². The summed E-state index contributed by atoms with van der Waals surface area (Å²) in [5.74, 6) is 0.296. The van der Waals surface area contributed by atoms with Crippen molar-refractivity contribution in [2.24, 2.45) is 0 Å². The van der Waals surface area contributed by atoms with Crippen LogP contribution in [0.3, 0.4) is 0 Å². The maximum atomic E-state index is 12.9. The number of aromatic nitrogens is 2. The van der Waals surface area contributed by atoms with Crippen molar-refractivity contribution >= 4 is 11.8 Å². The zero-order valence-electron chi connectivity index (χ0n) is 14.6. The van der Waals surface area contributed by atoms with Crippen molar-refractivity contribution in [2.75, 3.05) is 13.1 Å². The largest absolute Gasteiger partial charge is 0.339 e. The molecule has 2 aliphatic heterocycles. The fraction of sp³-hybridized carbons (Fsp3) is 0.722. The molecule has 132 valence electrons. The molecule has 0 bridgehead atoms. The average Bonchev–Trinajstić information content (AvgIpc) is 3.08. The molecule has 6 heteroatoms. The molecule has 2 amide bonds. The summed E-state index contributed by atoms with van der Waals surface area (Å²) in [6, 6.07) is 2.22. The molecular formula is C18H28N4O2. The second-order valence-electron chi connectivity index (χ2n) is 7.03. The van der Waals surface area contributed by atoms with E-state index in [1.807, 2.05) is 26.7 Å². The maximum Gasteiger partial charge on any atom is 0.224 e. The lowest BCUT2D eigenvalue weighted by atomic mass is 9.96. The van der Waals surface area contributed by atoms with E-state index in [-0.39, 0.29) is 23.9 Å². The second kappa shape index (κ2) is 7.81. The molecule has 2 aliphatic rings. The Hall–Kier alpha value is -1.85. The summed E-state index contributed by atoms with van der Waals surface area (Å²) in [5.41, 5.74) is 0. The molecule has 0 saturated carbocycles. The Labute approximate surface area is 143 Å². The molecule has 3 heterocycles. The number of hydrogen-bond donors (Lipinski definition) is 0. The first-order chi connectivity index (χ1) is 11.6. The Bertz CT molecular complexity index is 557. The van der Waals surface area contributed by atoms with Crippen molar-refractivity contribution in [3.63, 3.8) is 0 Å². The standard InChI is InChI=1S/C18H28N4O2/c1-15(23)21-11-4-2-7-16(21)13-18(24)22-12-5-3-8-17(22)14-20-10-6-9-19-20/h6,9-10,16-17H,2-5,7-8,11-14H2,1H3. The Kier molecular flexibility index (Phi) is 5.53. The van der Waals surface area contributed by atoms with Crippen LogP contribution in [0.15, 0.2) is 18.5 Å². The Balaban J connectivity index is 1.64. The summed E-state index contributed by atoms with van der Waals surface area (Å²) in [4.78, 5) is 28.7. The van der Waals surface area contributed by atoms with E-state index in [1.165, 1.54) is 6.42 Å². The highest BCUT2D eigenvalue weighted by Crippen LogP contribution is 2.24. The van der Waals surface area contributed by atoms with E-state index >= 15 is 0 Å². The van der Waals surface area contributed by atoms with Crippen LogP contribution in [0.25, 0.3) is 0 Å². The van der Waals surface area contributed by atoms with Crippen molar-refractivity contribution in [2.45, 2.75) is 70.5 Å². The molecule has 0 aliphatic carbocycles.